The maximum Gasteiger partial charge on any atom is 0.243 e. The first kappa shape index (κ1) is 14.1. The molecule has 0 aromatic heterocycles. The number of benzene rings is 1. The van der Waals surface area contributed by atoms with Gasteiger partial charge in [-0.05, 0) is 19.1 Å². The van der Waals surface area contributed by atoms with Crippen molar-refractivity contribution in [3.05, 3.63) is 22.2 Å². The lowest BCUT2D eigenvalue weighted by Gasteiger charge is -2.12. The van der Waals surface area contributed by atoms with Crippen LogP contribution in [0.15, 0.2) is 17.0 Å². The molecule has 0 spiro atoms. The molecular formula is C10H10Cl2N2O2S. The van der Waals surface area contributed by atoms with Crippen LogP contribution in [0.2, 0.25) is 10.0 Å². The fraction of sp³-hybridized carbons (Fsp3) is 0.200. The first-order valence-corrected chi connectivity index (χ1v) is 6.75. The minimum atomic E-state index is -3.80. The zero-order chi connectivity index (χ0) is 13.2. The summed E-state index contributed by atoms with van der Waals surface area (Å²) < 4.78 is 26.1. The van der Waals surface area contributed by atoms with Crippen molar-refractivity contribution < 1.29 is 8.42 Å². The number of anilines is 1. The number of nitrogen functional groups attached to an aromatic ring is 1. The summed E-state index contributed by atoms with van der Waals surface area (Å²) >= 11 is 11.5. The van der Waals surface area contributed by atoms with E-state index in [0.29, 0.717) is 0 Å². The molecule has 0 bridgehead atoms. The van der Waals surface area contributed by atoms with Crippen LogP contribution in [0, 0.1) is 12.3 Å². The number of sulfonamides is 1. The predicted molar refractivity (Wildman–Crippen MR) is 69.5 cm³/mol. The van der Waals surface area contributed by atoms with E-state index in [9.17, 15) is 8.42 Å². The third-order valence-corrected chi connectivity index (χ3v) is 4.39. The van der Waals surface area contributed by atoms with Gasteiger partial charge in [-0.2, -0.15) is 4.72 Å². The first-order valence-electron chi connectivity index (χ1n) is 4.51. The summed E-state index contributed by atoms with van der Waals surface area (Å²) in [5, 5.41) is 0.0770. The lowest BCUT2D eigenvalue weighted by molar-refractivity contribution is 0.578. The van der Waals surface area contributed by atoms with Crippen molar-refractivity contribution in [2.24, 2.45) is 0 Å². The molecule has 0 aliphatic heterocycles. The van der Waals surface area contributed by atoms with Crippen molar-refractivity contribution in [3.63, 3.8) is 0 Å². The Morgan fingerprint density at radius 2 is 2.06 bits per heavy atom. The van der Waals surface area contributed by atoms with E-state index in [4.69, 9.17) is 35.4 Å². The van der Waals surface area contributed by atoms with Gasteiger partial charge < -0.3 is 5.73 Å². The molecule has 0 amide bonds. The quantitative estimate of drug-likeness (QED) is 0.660. The van der Waals surface area contributed by atoms with Crippen LogP contribution in [0.5, 0.6) is 0 Å². The van der Waals surface area contributed by atoms with Crippen LogP contribution in [-0.2, 0) is 10.0 Å². The lowest BCUT2D eigenvalue weighted by atomic mass is 10.3. The smallest absolute Gasteiger partial charge is 0.243 e. The Morgan fingerprint density at radius 1 is 1.47 bits per heavy atom. The number of hydrogen-bond acceptors (Lipinski definition) is 3. The zero-order valence-electron chi connectivity index (χ0n) is 8.87. The number of terminal acetylenes is 1. The molecule has 1 unspecified atom stereocenters. The van der Waals surface area contributed by atoms with Crippen LogP contribution < -0.4 is 10.5 Å². The van der Waals surface area contributed by atoms with Gasteiger partial charge in [0, 0.05) is 0 Å². The van der Waals surface area contributed by atoms with Crippen LogP contribution in [0.25, 0.3) is 0 Å². The standard InChI is InChI=1S/C10H10Cl2N2O2S/c1-3-6(2)14-17(15,16)8-5-4-7(11)10(13)9(8)12/h1,4-6,14H,13H2,2H3. The van der Waals surface area contributed by atoms with Crippen LogP contribution in [0.1, 0.15) is 6.92 Å². The Bertz CT molecular complexity index is 579. The van der Waals surface area contributed by atoms with Gasteiger partial charge in [-0.15, -0.1) is 6.42 Å². The molecule has 0 aliphatic carbocycles. The SMILES string of the molecule is C#CC(C)NS(=O)(=O)c1ccc(Cl)c(N)c1Cl. The van der Waals surface area contributed by atoms with Crippen LogP contribution >= 0.6 is 23.2 Å². The van der Waals surface area contributed by atoms with Gasteiger partial charge in [0.1, 0.15) is 4.90 Å². The van der Waals surface area contributed by atoms with E-state index in [0.717, 1.165) is 0 Å². The van der Waals surface area contributed by atoms with Crippen molar-refractivity contribution in [1.82, 2.24) is 4.72 Å². The fourth-order valence-electron chi connectivity index (χ4n) is 1.09. The summed E-state index contributed by atoms with van der Waals surface area (Å²) in [6.45, 7) is 1.53. The molecule has 0 radical (unpaired) electrons. The molecule has 0 saturated heterocycles. The normalized spacial score (nSPS) is 13.1. The molecular weight excluding hydrogens is 283 g/mol. The minimum Gasteiger partial charge on any atom is -0.396 e. The van der Waals surface area contributed by atoms with Crippen molar-refractivity contribution >= 4 is 38.9 Å². The lowest BCUT2D eigenvalue weighted by Crippen LogP contribution is -2.31. The van der Waals surface area contributed by atoms with E-state index in [1.54, 1.807) is 0 Å². The monoisotopic (exact) mass is 292 g/mol. The maximum atomic E-state index is 11.9. The molecule has 0 heterocycles. The average molecular weight is 293 g/mol. The highest BCUT2D eigenvalue weighted by molar-refractivity contribution is 7.89. The molecule has 92 valence electrons. The summed E-state index contributed by atoms with van der Waals surface area (Å²) in [5.41, 5.74) is 5.56. The van der Waals surface area contributed by atoms with Gasteiger partial charge in [0.25, 0.3) is 0 Å². The van der Waals surface area contributed by atoms with Crippen molar-refractivity contribution in [1.29, 1.82) is 0 Å². The Hall–Kier alpha value is -0.930. The largest absolute Gasteiger partial charge is 0.396 e. The van der Waals surface area contributed by atoms with Gasteiger partial charge in [0.05, 0.1) is 21.8 Å². The van der Waals surface area contributed by atoms with Gasteiger partial charge in [0.2, 0.25) is 10.0 Å². The molecule has 7 heteroatoms. The molecule has 1 rings (SSSR count). The maximum absolute atomic E-state index is 11.9. The molecule has 0 saturated carbocycles. The summed E-state index contributed by atoms with van der Waals surface area (Å²) in [5.74, 6) is 2.25. The Kier molecular flexibility index (Phi) is 4.28. The van der Waals surface area contributed by atoms with Gasteiger partial charge >= 0.3 is 0 Å². The number of halogens is 2. The second kappa shape index (κ2) is 5.15. The first-order chi connectivity index (χ1) is 7.79. The summed E-state index contributed by atoms with van der Waals surface area (Å²) in [6, 6.07) is 1.98. The van der Waals surface area contributed by atoms with Gasteiger partial charge in [0.15, 0.2) is 0 Å². The highest BCUT2D eigenvalue weighted by atomic mass is 35.5. The average Bonchev–Trinajstić information content (AvgIpc) is 2.24. The summed E-state index contributed by atoms with van der Waals surface area (Å²) in [7, 11) is -3.80. The third-order valence-electron chi connectivity index (χ3n) is 1.96. The predicted octanol–water partition coefficient (Wildman–Crippen LogP) is 1.88. The number of nitrogens with two attached hydrogens (primary N) is 1. The summed E-state index contributed by atoms with van der Waals surface area (Å²) in [4.78, 5) is -0.150. The second-order valence-electron chi connectivity index (χ2n) is 3.28. The van der Waals surface area contributed by atoms with Crippen molar-refractivity contribution in [2.75, 3.05) is 5.73 Å². The van der Waals surface area contributed by atoms with Gasteiger partial charge in [-0.1, -0.05) is 29.1 Å². The minimum absolute atomic E-state index is 0.0181. The van der Waals surface area contributed by atoms with E-state index in [2.05, 4.69) is 10.6 Å². The van der Waals surface area contributed by atoms with E-state index >= 15 is 0 Å². The molecule has 1 aromatic rings. The van der Waals surface area contributed by atoms with Gasteiger partial charge in [-0.3, -0.25) is 0 Å². The van der Waals surface area contributed by atoms with Crippen molar-refractivity contribution in [2.45, 2.75) is 17.9 Å². The fourth-order valence-corrected chi connectivity index (χ4v) is 3.02. The van der Waals surface area contributed by atoms with Crippen molar-refractivity contribution in [3.8, 4) is 12.3 Å². The summed E-state index contributed by atoms with van der Waals surface area (Å²) in [6.07, 6.45) is 5.09. The number of nitrogens with one attached hydrogen (secondary N) is 1. The Labute approximate surface area is 110 Å². The molecule has 4 nitrogen and oxygen atoms in total. The van der Waals surface area contributed by atoms with Crippen LogP contribution in [-0.4, -0.2) is 14.5 Å². The molecule has 1 aromatic carbocycles. The second-order valence-corrected chi connectivity index (χ2v) is 5.75. The molecule has 3 N–H and O–H groups in total. The van der Waals surface area contributed by atoms with E-state index < -0.39 is 16.1 Å². The molecule has 17 heavy (non-hydrogen) atoms. The highest BCUT2D eigenvalue weighted by Crippen LogP contribution is 2.32. The Balaban J connectivity index is 3.27. The molecule has 0 fully saturated rings. The number of hydrogen-bond donors (Lipinski definition) is 2. The topological polar surface area (TPSA) is 72.2 Å². The Morgan fingerprint density at radius 3 is 2.59 bits per heavy atom. The van der Waals surface area contributed by atoms with E-state index in [1.165, 1.54) is 19.1 Å². The van der Waals surface area contributed by atoms with E-state index in [1.807, 2.05) is 0 Å². The van der Waals surface area contributed by atoms with Gasteiger partial charge in [-0.25, -0.2) is 8.42 Å². The van der Waals surface area contributed by atoms with Crippen LogP contribution in [0.4, 0.5) is 5.69 Å². The molecule has 0 aliphatic rings. The zero-order valence-corrected chi connectivity index (χ0v) is 11.2. The van der Waals surface area contributed by atoms with Crippen LogP contribution in [0.3, 0.4) is 0 Å². The highest BCUT2D eigenvalue weighted by Gasteiger charge is 2.21. The van der Waals surface area contributed by atoms with E-state index in [-0.39, 0.29) is 20.6 Å². The number of rotatable bonds is 3. The third kappa shape index (κ3) is 3.05. The molecule has 1 atom stereocenters.